The Bertz CT molecular complexity index is 839. The topological polar surface area (TPSA) is 122 Å². The average molecular weight is 395 g/mol. The fraction of sp³-hybridized carbons (Fsp3) is 0.429. The molecule has 1 N–H and O–H groups in total. The molecule has 1 aromatic carbocycles. The van der Waals surface area contributed by atoms with Crippen LogP contribution in [0.4, 0.5) is 5.69 Å². The van der Waals surface area contributed by atoms with E-state index in [-0.39, 0.29) is 23.4 Å². The highest BCUT2D eigenvalue weighted by Gasteiger charge is 2.15. The van der Waals surface area contributed by atoms with Gasteiger partial charge in [0.2, 0.25) is 0 Å². The van der Waals surface area contributed by atoms with Crippen LogP contribution in [-0.2, 0) is 4.74 Å². The predicted molar refractivity (Wildman–Crippen MR) is 108 cm³/mol. The Hall–Kier alpha value is -3.54. The van der Waals surface area contributed by atoms with E-state index in [4.69, 9.17) is 20.0 Å². The van der Waals surface area contributed by atoms with Crippen molar-refractivity contribution in [3.8, 4) is 24.0 Å². The van der Waals surface area contributed by atoms with Crippen LogP contribution in [0.1, 0.15) is 37.6 Å². The Morgan fingerprint density at radius 3 is 2.31 bits per heavy atom. The zero-order valence-electron chi connectivity index (χ0n) is 17.0. The van der Waals surface area contributed by atoms with Crippen LogP contribution in [0.5, 0.6) is 5.75 Å². The SMILES string of the molecule is CCCOc1ccc(C(=O)OCCN(CC)CC)cc1NC(C#N)=C(C#N)C#N. The number of nitrogens with zero attached hydrogens (tertiary/aromatic N) is 4. The van der Waals surface area contributed by atoms with Gasteiger partial charge in [-0.2, -0.15) is 15.8 Å². The van der Waals surface area contributed by atoms with Gasteiger partial charge < -0.3 is 19.7 Å². The Balaban J connectivity index is 3.09. The first-order chi connectivity index (χ1) is 14.0. The number of hydrogen-bond donors (Lipinski definition) is 1. The summed E-state index contributed by atoms with van der Waals surface area (Å²) in [6, 6.07) is 9.77. The van der Waals surface area contributed by atoms with E-state index in [1.165, 1.54) is 6.07 Å². The zero-order chi connectivity index (χ0) is 21.6. The molecule has 8 nitrogen and oxygen atoms in total. The van der Waals surface area contributed by atoms with Crippen molar-refractivity contribution in [3.05, 3.63) is 35.0 Å². The van der Waals surface area contributed by atoms with Crippen LogP contribution in [-0.4, -0.2) is 43.7 Å². The molecule has 0 aliphatic heterocycles. The maximum atomic E-state index is 12.4. The summed E-state index contributed by atoms with van der Waals surface area (Å²) in [5.74, 6) is -0.111. The van der Waals surface area contributed by atoms with Gasteiger partial charge in [-0.25, -0.2) is 4.79 Å². The van der Waals surface area contributed by atoms with Crippen molar-refractivity contribution in [2.45, 2.75) is 27.2 Å². The molecule has 152 valence electrons. The molecule has 0 aromatic heterocycles. The van der Waals surface area contributed by atoms with E-state index < -0.39 is 5.97 Å². The molecule has 1 rings (SSSR count). The fourth-order valence-electron chi connectivity index (χ4n) is 2.40. The predicted octanol–water partition coefficient (Wildman–Crippen LogP) is 3.21. The maximum Gasteiger partial charge on any atom is 0.338 e. The molecule has 0 fully saturated rings. The third-order valence-corrected chi connectivity index (χ3v) is 4.06. The summed E-state index contributed by atoms with van der Waals surface area (Å²) in [5, 5.41) is 30.0. The lowest BCUT2D eigenvalue weighted by Gasteiger charge is -2.18. The third kappa shape index (κ3) is 7.18. The van der Waals surface area contributed by atoms with E-state index in [1.54, 1.807) is 30.3 Å². The highest BCUT2D eigenvalue weighted by molar-refractivity contribution is 5.91. The van der Waals surface area contributed by atoms with Gasteiger partial charge in [0.25, 0.3) is 0 Å². The van der Waals surface area contributed by atoms with Gasteiger partial charge in [0.15, 0.2) is 5.57 Å². The van der Waals surface area contributed by atoms with Gasteiger partial charge in [-0.05, 0) is 37.7 Å². The van der Waals surface area contributed by atoms with E-state index in [2.05, 4.69) is 10.2 Å². The molecule has 0 saturated carbocycles. The standard InChI is InChI=1S/C21H25N5O3/c1-4-10-28-20-8-7-16(21(27)29-11-9-26(5-2)6-3)12-18(20)25-19(15-24)17(13-22)14-23/h7-8,12,25H,4-6,9-11H2,1-3H3. The van der Waals surface area contributed by atoms with Crippen LogP contribution in [0.25, 0.3) is 0 Å². The summed E-state index contributed by atoms with van der Waals surface area (Å²) in [5.41, 5.74) is -0.00983. The molecule has 0 atom stereocenters. The molecule has 0 spiro atoms. The molecule has 0 saturated heterocycles. The van der Waals surface area contributed by atoms with Gasteiger partial charge >= 0.3 is 5.97 Å². The van der Waals surface area contributed by atoms with Crippen molar-refractivity contribution < 1.29 is 14.3 Å². The maximum absolute atomic E-state index is 12.4. The van der Waals surface area contributed by atoms with Crippen molar-refractivity contribution in [1.82, 2.24) is 4.90 Å². The number of hydrogen-bond acceptors (Lipinski definition) is 8. The molecule has 0 radical (unpaired) electrons. The number of ether oxygens (including phenoxy) is 2. The van der Waals surface area contributed by atoms with Crippen LogP contribution >= 0.6 is 0 Å². The molecule has 1 aromatic rings. The third-order valence-electron chi connectivity index (χ3n) is 4.06. The van der Waals surface area contributed by atoms with Crippen molar-refractivity contribution in [2.24, 2.45) is 0 Å². The summed E-state index contributed by atoms with van der Waals surface area (Å²) in [4.78, 5) is 14.5. The zero-order valence-corrected chi connectivity index (χ0v) is 17.0. The second-order valence-electron chi connectivity index (χ2n) is 5.93. The van der Waals surface area contributed by atoms with Crippen LogP contribution < -0.4 is 10.1 Å². The first-order valence-electron chi connectivity index (χ1n) is 9.42. The first-order valence-corrected chi connectivity index (χ1v) is 9.42. The summed E-state index contributed by atoms with van der Waals surface area (Å²) >= 11 is 0. The Morgan fingerprint density at radius 1 is 1.07 bits per heavy atom. The number of likely N-dealkylation sites (N-methyl/N-ethyl adjacent to an activating group) is 1. The molecule has 0 aliphatic rings. The number of esters is 1. The molecule has 0 heterocycles. The summed E-state index contributed by atoms with van der Waals surface area (Å²) < 4.78 is 11.0. The summed E-state index contributed by atoms with van der Waals surface area (Å²) in [7, 11) is 0. The van der Waals surface area contributed by atoms with Crippen molar-refractivity contribution in [1.29, 1.82) is 15.8 Å². The average Bonchev–Trinajstić information content (AvgIpc) is 2.75. The minimum atomic E-state index is -0.509. The minimum absolute atomic E-state index is 0.219. The Labute approximate surface area is 171 Å². The largest absolute Gasteiger partial charge is 0.491 e. The summed E-state index contributed by atoms with van der Waals surface area (Å²) in [6.45, 7) is 9.08. The number of rotatable bonds is 11. The van der Waals surface area contributed by atoms with Crippen molar-refractivity contribution >= 4 is 11.7 Å². The molecule has 0 amide bonds. The molecule has 29 heavy (non-hydrogen) atoms. The van der Waals surface area contributed by atoms with Crippen molar-refractivity contribution in [3.63, 3.8) is 0 Å². The van der Waals surface area contributed by atoms with Gasteiger partial charge in [-0.15, -0.1) is 0 Å². The second kappa shape index (κ2) is 12.8. The Kier molecular flexibility index (Phi) is 10.4. The van der Waals surface area contributed by atoms with Crippen LogP contribution in [0, 0.1) is 34.0 Å². The Morgan fingerprint density at radius 2 is 1.76 bits per heavy atom. The number of benzene rings is 1. The van der Waals surface area contributed by atoms with Gasteiger partial charge in [-0.1, -0.05) is 20.8 Å². The molecule has 0 unspecified atom stereocenters. The fourth-order valence-corrected chi connectivity index (χ4v) is 2.40. The van der Waals surface area contributed by atoms with Gasteiger partial charge in [0, 0.05) is 6.54 Å². The van der Waals surface area contributed by atoms with Crippen LogP contribution in [0.15, 0.2) is 29.5 Å². The second-order valence-corrected chi connectivity index (χ2v) is 5.93. The molecule has 8 heteroatoms. The number of nitriles is 3. The normalized spacial score (nSPS) is 9.69. The van der Waals surface area contributed by atoms with E-state index in [1.807, 2.05) is 20.8 Å². The van der Waals surface area contributed by atoms with Crippen LogP contribution in [0.2, 0.25) is 0 Å². The summed E-state index contributed by atoms with van der Waals surface area (Å²) in [6.07, 6.45) is 0.761. The number of nitrogens with one attached hydrogen (secondary N) is 1. The highest BCUT2D eigenvalue weighted by atomic mass is 16.5. The smallest absolute Gasteiger partial charge is 0.338 e. The van der Waals surface area contributed by atoms with Crippen molar-refractivity contribution in [2.75, 3.05) is 38.2 Å². The van der Waals surface area contributed by atoms with E-state index in [0.717, 1.165) is 19.5 Å². The van der Waals surface area contributed by atoms with E-state index >= 15 is 0 Å². The lowest BCUT2D eigenvalue weighted by atomic mass is 10.1. The quantitative estimate of drug-likeness (QED) is 0.448. The number of allylic oxidation sites excluding steroid dienone is 2. The molecule has 0 bridgehead atoms. The first kappa shape index (κ1) is 23.5. The molecular formula is C21H25N5O3. The number of carbonyl (C=O) groups is 1. The molecule has 0 aliphatic carbocycles. The number of carbonyl (C=O) groups excluding carboxylic acids is 1. The highest BCUT2D eigenvalue weighted by Crippen LogP contribution is 2.28. The van der Waals surface area contributed by atoms with E-state index in [0.29, 0.717) is 24.6 Å². The number of anilines is 1. The van der Waals surface area contributed by atoms with Gasteiger partial charge in [0.1, 0.15) is 36.3 Å². The van der Waals surface area contributed by atoms with Gasteiger partial charge in [-0.3, -0.25) is 0 Å². The van der Waals surface area contributed by atoms with Gasteiger partial charge in [0.05, 0.1) is 17.9 Å². The lowest BCUT2D eigenvalue weighted by molar-refractivity contribution is 0.0466. The monoisotopic (exact) mass is 395 g/mol. The van der Waals surface area contributed by atoms with Crippen LogP contribution in [0.3, 0.4) is 0 Å². The van der Waals surface area contributed by atoms with E-state index in [9.17, 15) is 10.1 Å². The minimum Gasteiger partial charge on any atom is -0.491 e. The molecular weight excluding hydrogens is 370 g/mol. The lowest BCUT2D eigenvalue weighted by Crippen LogP contribution is -2.27.